The van der Waals surface area contributed by atoms with Crippen LogP contribution >= 0.6 is 0 Å². The van der Waals surface area contributed by atoms with Gasteiger partial charge in [-0.15, -0.1) is 0 Å². The molecule has 2 aromatic rings. The number of aromatic nitrogens is 3. The lowest BCUT2D eigenvalue weighted by Crippen LogP contribution is -2.02. The lowest BCUT2D eigenvalue weighted by molar-refractivity contribution is 0.317. The number of benzene rings is 1. The number of rotatable bonds is 6. The van der Waals surface area contributed by atoms with Gasteiger partial charge in [0.25, 0.3) is 0 Å². The molecular formula is C12H16N4O. The third-order valence-electron chi connectivity index (χ3n) is 2.25. The van der Waals surface area contributed by atoms with Gasteiger partial charge in [0.2, 0.25) is 5.95 Å². The zero-order chi connectivity index (χ0) is 11.9. The lowest BCUT2D eigenvalue weighted by atomic mass is 10.2. The Morgan fingerprint density at radius 2 is 2.35 bits per heavy atom. The summed E-state index contributed by atoms with van der Waals surface area (Å²) in [4.78, 5) is 3.99. The second kappa shape index (κ2) is 5.89. The highest BCUT2D eigenvalue weighted by Crippen LogP contribution is 2.14. The topological polar surface area (TPSA) is 62.8 Å². The van der Waals surface area contributed by atoms with E-state index < -0.39 is 0 Å². The number of anilines is 1. The Hall–Kier alpha value is -2.04. The standard InChI is InChI=1S/C12H16N4O/c1-2-6-17-11-5-3-4-10(7-11)8-13-12-14-9-15-16-12/h3-5,7,9H,2,6,8H2,1H3,(H2,13,14,15,16). The van der Waals surface area contributed by atoms with E-state index in [1.807, 2.05) is 24.3 Å². The highest BCUT2D eigenvalue weighted by atomic mass is 16.5. The normalized spacial score (nSPS) is 10.2. The number of nitrogens with one attached hydrogen (secondary N) is 2. The Balaban J connectivity index is 1.91. The summed E-state index contributed by atoms with van der Waals surface area (Å²) in [6.45, 7) is 3.53. The molecule has 5 nitrogen and oxygen atoms in total. The maximum atomic E-state index is 5.57. The maximum Gasteiger partial charge on any atom is 0.218 e. The number of H-pyrrole nitrogens is 1. The molecule has 0 aliphatic rings. The second-order valence-electron chi connectivity index (χ2n) is 3.68. The number of hydrogen-bond acceptors (Lipinski definition) is 4. The first-order valence-electron chi connectivity index (χ1n) is 5.69. The minimum Gasteiger partial charge on any atom is -0.494 e. The van der Waals surface area contributed by atoms with Gasteiger partial charge in [-0.25, -0.2) is 10.1 Å². The molecule has 1 aromatic heterocycles. The molecule has 0 fully saturated rings. The van der Waals surface area contributed by atoms with Gasteiger partial charge in [0.15, 0.2) is 0 Å². The fourth-order valence-corrected chi connectivity index (χ4v) is 1.44. The summed E-state index contributed by atoms with van der Waals surface area (Å²) in [7, 11) is 0. The third-order valence-corrected chi connectivity index (χ3v) is 2.25. The average Bonchev–Trinajstić information content (AvgIpc) is 2.87. The summed E-state index contributed by atoms with van der Waals surface area (Å²) in [5.41, 5.74) is 1.15. The largest absolute Gasteiger partial charge is 0.494 e. The Kier molecular flexibility index (Phi) is 3.96. The molecule has 2 N–H and O–H groups in total. The van der Waals surface area contributed by atoms with Crippen molar-refractivity contribution in [2.24, 2.45) is 0 Å². The Morgan fingerprint density at radius 1 is 1.41 bits per heavy atom. The van der Waals surface area contributed by atoms with Gasteiger partial charge in [-0.3, -0.25) is 0 Å². The van der Waals surface area contributed by atoms with Crippen molar-refractivity contribution in [2.45, 2.75) is 19.9 Å². The molecule has 0 amide bonds. The van der Waals surface area contributed by atoms with Crippen LogP contribution in [0.25, 0.3) is 0 Å². The molecule has 0 atom stereocenters. The van der Waals surface area contributed by atoms with E-state index in [4.69, 9.17) is 4.74 Å². The van der Waals surface area contributed by atoms with E-state index in [9.17, 15) is 0 Å². The molecule has 0 aliphatic heterocycles. The van der Waals surface area contributed by atoms with Crippen molar-refractivity contribution in [1.82, 2.24) is 15.2 Å². The quantitative estimate of drug-likeness (QED) is 0.801. The molecule has 0 radical (unpaired) electrons. The molecule has 1 heterocycles. The molecule has 0 spiro atoms. The fraction of sp³-hybridized carbons (Fsp3) is 0.333. The van der Waals surface area contributed by atoms with Crippen LogP contribution in [-0.2, 0) is 6.54 Å². The van der Waals surface area contributed by atoms with Crippen LogP contribution in [0.15, 0.2) is 30.6 Å². The zero-order valence-electron chi connectivity index (χ0n) is 9.81. The Morgan fingerprint density at radius 3 is 3.12 bits per heavy atom. The average molecular weight is 232 g/mol. The number of aromatic amines is 1. The van der Waals surface area contributed by atoms with Crippen molar-refractivity contribution in [3.63, 3.8) is 0 Å². The molecular weight excluding hydrogens is 216 g/mol. The summed E-state index contributed by atoms with van der Waals surface area (Å²) in [6.07, 6.45) is 2.49. The van der Waals surface area contributed by atoms with Crippen molar-refractivity contribution < 1.29 is 4.74 Å². The van der Waals surface area contributed by atoms with Gasteiger partial charge in [-0.1, -0.05) is 19.1 Å². The minimum absolute atomic E-state index is 0.671. The summed E-state index contributed by atoms with van der Waals surface area (Å²) < 4.78 is 5.57. The van der Waals surface area contributed by atoms with Crippen molar-refractivity contribution in [3.05, 3.63) is 36.2 Å². The number of hydrogen-bond donors (Lipinski definition) is 2. The molecule has 0 bridgehead atoms. The van der Waals surface area contributed by atoms with Crippen LogP contribution in [0.5, 0.6) is 5.75 Å². The molecule has 0 saturated carbocycles. The summed E-state index contributed by atoms with van der Waals surface area (Å²) in [5, 5.41) is 9.66. The fourth-order valence-electron chi connectivity index (χ4n) is 1.44. The highest BCUT2D eigenvalue weighted by molar-refractivity contribution is 5.31. The first-order chi connectivity index (χ1) is 8.38. The van der Waals surface area contributed by atoms with Gasteiger partial charge >= 0.3 is 0 Å². The highest BCUT2D eigenvalue weighted by Gasteiger charge is 1.98. The van der Waals surface area contributed by atoms with E-state index in [0.717, 1.165) is 24.3 Å². The molecule has 5 heteroatoms. The van der Waals surface area contributed by atoms with E-state index in [2.05, 4.69) is 27.4 Å². The second-order valence-corrected chi connectivity index (χ2v) is 3.68. The third kappa shape index (κ3) is 3.48. The van der Waals surface area contributed by atoms with E-state index in [1.165, 1.54) is 6.33 Å². The monoisotopic (exact) mass is 232 g/mol. The van der Waals surface area contributed by atoms with Crippen LogP contribution < -0.4 is 10.1 Å². The molecule has 90 valence electrons. The lowest BCUT2D eigenvalue weighted by Gasteiger charge is -2.07. The molecule has 17 heavy (non-hydrogen) atoms. The van der Waals surface area contributed by atoms with Crippen LogP contribution in [0.4, 0.5) is 5.95 Å². The first-order valence-corrected chi connectivity index (χ1v) is 5.69. The number of nitrogens with zero attached hydrogens (tertiary/aromatic N) is 2. The van der Waals surface area contributed by atoms with Crippen LogP contribution in [0.2, 0.25) is 0 Å². The SMILES string of the molecule is CCCOc1cccc(CNc2ncn[nH]2)c1. The van der Waals surface area contributed by atoms with Crippen LogP contribution in [0.3, 0.4) is 0 Å². The van der Waals surface area contributed by atoms with Crippen molar-refractivity contribution in [1.29, 1.82) is 0 Å². The summed E-state index contributed by atoms with van der Waals surface area (Å²) >= 11 is 0. The molecule has 0 unspecified atom stereocenters. The molecule has 2 rings (SSSR count). The van der Waals surface area contributed by atoms with E-state index in [-0.39, 0.29) is 0 Å². The molecule has 1 aromatic carbocycles. The number of ether oxygens (including phenoxy) is 1. The van der Waals surface area contributed by atoms with Crippen molar-refractivity contribution in [3.8, 4) is 5.75 Å². The van der Waals surface area contributed by atoms with Gasteiger partial charge in [-0.2, -0.15) is 5.10 Å². The maximum absolute atomic E-state index is 5.57. The van der Waals surface area contributed by atoms with Gasteiger partial charge in [0, 0.05) is 6.54 Å². The van der Waals surface area contributed by atoms with E-state index in [1.54, 1.807) is 0 Å². The molecule has 0 aliphatic carbocycles. The van der Waals surface area contributed by atoms with E-state index in [0.29, 0.717) is 12.5 Å². The zero-order valence-corrected chi connectivity index (χ0v) is 9.81. The predicted molar refractivity (Wildman–Crippen MR) is 65.9 cm³/mol. The van der Waals surface area contributed by atoms with Gasteiger partial charge in [0.05, 0.1) is 6.61 Å². The van der Waals surface area contributed by atoms with Gasteiger partial charge in [0.1, 0.15) is 12.1 Å². The Labute approximate surface area is 100 Å². The smallest absolute Gasteiger partial charge is 0.218 e. The summed E-state index contributed by atoms with van der Waals surface area (Å²) in [5.74, 6) is 1.58. The summed E-state index contributed by atoms with van der Waals surface area (Å²) in [6, 6.07) is 8.03. The molecule has 0 saturated heterocycles. The van der Waals surface area contributed by atoms with Crippen molar-refractivity contribution >= 4 is 5.95 Å². The Bertz CT molecular complexity index is 442. The first kappa shape index (κ1) is 11.4. The van der Waals surface area contributed by atoms with Crippen LogP contribution in [-0.4, -0.2) is 21.8 Å². The predicted octanol–water partition coefficient (Wildman–Crippen LogP) is 2.21. The van der Waals surface area contributed by atoms with Crippen molar-refractivity contribution in [2.75, 3.05) is 11.9 Å². The van der Waals surface area contributed by atoms with Crippen LogP contribution in [0.1, 0.15) is 18.9 Å². The minimum atomic E-state index is 0.671. The van der Waals surface area contributed by atoms with Crippen LogP contribution in [0, 0.1) is 0 Å². The van der Waals surface area contributed by atoms with Gasteiger partial charge in [-0.05, 0) is 24.1 Å². The van der Waals surface area contributed by atoms with E-state index >= 15 is 0 Å². The van der Waals surface area contributed by atoms with Gasteiger partial charge < -0.3 is 10.1 Å².